The number of ether oxygens (including phenoxy) is 2. The number of esters is 1. The van der Waals surface area contributed by atoms with E-state index in [1.807, 2.05) is 19.1 Å². The van der Waals surface area contributed by atoms with E-state index in [0.29, 0.717) is 38.5 Å². The van der Waals surface area contributed by atoms with Gasteiger partial charge in [-0.1, -0.05) is 23.5 Å². The van der Waals surface area contributed by atoms with E-state index < -0.39 is 16.9 Å². The molecule has 12 heteroatoms. The number of piperazine rings is 1. The average Bonchev–Trinajstić information content (AvgIpc) is 3.27. The van der Waals surface area contributed by atoms with Crippen LogP contribution in [0.1, 0.15) is 37.9 Å². The van der Waals surface area contributed by atoms with Gasteiger partial charge in [-0.15, -0.1) is 0 Å². The van der Waals surface area contributed by atoms with Gasteiger partial charge in [-0.25, -0.2) is 9.79 Å². The molecule has 0 N–H and O–H groups in total. The van der Waals surface area contributed by atoms with Gasteiger partial charge < -0.3 is 19.3 Å². The van der Waals surface area contributed by atoms with Crippen molar-refractivity contribution in [2.75, 3.05) is 51.3 Å². The van der Waals surface area contributed by atoms with Crippen LogP contribution in [0.3, 0.4) is 0 Å². The number of thiazole rings is 1. The number of hydrogen-bond donors (Lipinski definition) is 0. The molecule has 0 bridgehead atoms. The molecule has 1 saturated heterocycles. The van der Waals surface area contributed by atoms with Gasteiger partial charge in [-0.2, -0.15) is 0 Å². The van der Waals surface area contributed by atoms with Crippen molar-refractivity contribution >= 4 is 34.8 Å². The monoisotopic (exact) mass is 591 g/mol. The largest absolute Gasteiger partial charge is 0.494 e. The van der Waals surface area contributed by atoms with Crippen LogP contribution < -0.4 is 24.5 Å². The Kier molecular flexibility index (Phi) is 8.55. The van der Waals surface area contributed by atoms with Gasteiger partial charge in [0.25, 0.3) is 11.2 Å². The summed E-state index contributed by atoms with van der Waals surface area (Å²) in [5, 5.41) is 11.7. The summed E-state index contributed by atoms with van der Waals surface area (Å²) in [5.41, 5.74) is 2.46. The first-order valence-electron chi connectivity index (χ1n) is 13.9. The Morgan fingerprint density at radius 1 is 1.12 bits per heavy atom. The molecule has 1 atom stereocenters. The van der Waals surface area contributed by atoms with E-state index in [-0.39, 0.29) is 23.4 Å². The summed E-state index contributed by atoms with van der Waals surface area (Å²) in [4.78, 5) is 47.9. The number of carbonyl (C=O) groups excluding carboxylic acids is 1. The highest BCUT2D eigenvalue weighted by Gasteiger charge is 2.33. The Hall–Kier alpha value is -4.29. The average molecular weight is 592 g/mol. The Morgan fingerprint density at radius 3 is 2.48 bits per heavy atom. The van der Waals surface area contributed by atoms with Gasteiger partial charge in [0.05, 0.1) is 40.0 Å². The van der Waals surface area contributed by atoms with Crippen molar-refractivity contribution in [3.63, 3.8) is 0 Å². The number of rotatable bonds is 8. The number of nitrogens with zero attached hydrogens (tertiary/aromatic N) is 5. The number of nitro groups is 1. The highest BCUT2D eigenvalue weighted by molar-refractivity contribution is 7.07. The molecule has 5 rings (SSSR count). The molecule has 220 valence electrons. The van der Waals surface area contributed by atoms with Crippen LogP contribution in [0.15, 0.2) is 63.5 Å². The van der Waals surface area contributed by atoms with Gasteiger partial charge in [0.1, 0.15) is 5.75 Å². The van der Waals surface area contributed by atoms with E-state index in [1.54, 1.807) is 38.1 Å². The summed E-state index contributed by atoms with van der Waals surface area (Å²) in [6.07, 6.45) is 1.70. The summed E-state index contributed by atoms with van der Waals surface area (Å²) in [5.74, 6) is 0.136. The van der Waals surface area contributed by atoms with Crippen LogP contribution in [0, 0.1) is 10.1 Å². The minimum Gasteiger partial charge on any atom is -0.494 e. The van der Waals surface area contributed by atoms with Crippen molar-refractivity contribution in [1.29, 1.82) is 0 Å². The molecule has 2 aliphatic rings. The number of aromatic nitrogens is 1. The van der Waals surface area contributed by atoms with Crippen molar-refractivity contribution in [3.8, 4) is 5.75 Å². The summed E-state index contributed by atoms with van der Waals surface area (Å²) >= 11 is 1.19. The van der Waals surface area contributed by atoms with Crippen LogP contribution in [0.5, 0.6) is 5.75 Å². The zero-order valence-electron chi connectivity index (χ0n) is 24.0. The highest BCUT2D eigenvalue weighted by atomic mass is 32.1. The quantitative estimate of drug-likeness (QED) is 0.223. The van der Waals surface area contributed by atoms with Crippen LogP contribution in [-0.2, 0) is 9.53 Å². The number of benzene rings is 2. The molecule has 1 aromatic heterocycles. The first-order valence-corrected chi connectivity index (χ1v) is 14.7. The van der Waals surface area contributed by atoms with E-state index in [9.17, 15) is 19.7 Å². The zero-order chi connectivity index (χ0) is 30.0. The second-order valence-electron chi connectivity index (χ2n) is 10.1. The SMILES string of the molecule is CCOC(=O)C1=C(C)N=c2s/c(=C\c3cc([N+](=O)[O-])ccc3N3CCN(C)CC3)c(=O)n2[C@@H]1c1ccc(OCC)cc1. The first-order chi connectivity index (χ1) is 20.2. The third kappa shape index (κ3) is 5.72. The molecule has 3 heterocycles. The lowest BCUT2D eigenvalue weighted by atomic mass is 9.96. The van der Waals surface area contributed by atoms with Crippen molar-refractivity contribution in [3.05, 3.63) is 94.7 Å². The number of hydrogen-bond acceptors (Lipinski definition) is 10. The van der Waals surface area contributed by atoms with Crippen LogP contribution >= 0.6 is 11.3 Å². The van der Waals surface area contributed by atoms with Gasteiger partial charge in [-0.05, 0) is 57.7 Å². The maximum atomic E-state index is 14.1. The normalized spacial score (nSPS) is 17.6. The second kappa shape index (κ2) is 12.3. The lowest BCUT2D eigenvalue weighted by Gasteiger charge is -2.34. The minimum absolute atomic E-state index is 0.0559. The molecule has 0 unspecified atom stereocenters. The third-order valence-electron chi connectivity index (χ3n) is 7.38. The predicted molar refractivity (Wildman–Crippen MR) is 161 cm³/mol. The van der Waals surface area contributed by atoms with E-state index in [4.69, 9.17) is 9.47 Å². The summed E-state index contributed by atoms with van der Waals surface area (Å²) in [6, 6.07) is 11.3. The number of anilines is 1. The van der Waals surface area contributed by atoms with Gasteiger partial charge >= 0.3 is 5.97 Å². The van der Waals surface area contributed by atoms with Crippen molar-refractivity contribution in [2.24, 2.45) is 4.99 Å². The summed E-state index contributed by atoms with van der Waals surface area (Å²) < 4.78 is 12.8. The first kappa shape index (κ1) is 29.2. The maximum Gasteiger partial charge on any atom is 0.338 e. The molecule has 42 heavy (non-hydrogen) atoms. The second-order valence-corrected chi connectivity index (χ2v) is 11.1. The van der Waals surface area contributed by atoms with E-state index >= 15 is 0 Å². The van der Waals surface area contributed by atoms with Crippen LogP contribution in [0.2, 0.25) is 0 Å². The molecule has 1 fully saturated rings. The Morgan fingerprint density at radius 2 is 1.83 bits per heavy atom. The molecule has 2 aliphatic heterocycles. The number of fused-ring (bicyclic) bond motifs is 1. The number of non-ortho nitro benzene ring substituents is 1. The van der Waals surface area contributed by atoms with Gasteiger partial charge in [0.15, 0.2) is 4.80 Å². The van der Waals surface area contributed by atoms with Gasteiger partial charge in [0.2, 0.25) is 0 Å². The summed E-state index contributed by atoms with van der Waals surface area (Å²) in [7, 11) is 2.06. The molecular weight excluding hydrogens is 558 g/mol. The lowest BCUT2D eigenvalue weighted by molar-refractivity contribution is -0.384. The molecule has 2 aromatic carbocycles. The van der Waals surface area contributed by atoms with Gasteiger partial charge in [-0.3, -0.25) is 19.5 Å². The van der Waals surface area contributed by atoms with E-state index in [2.05, 4.69) is 21.8 Å². The molecular formula is C30H33N5O6S. The smallest absolute Gasteiger partial charge is 0.338 e. The number of carbonyl (C=O) groups is 1. The minimum atomic E-state index is -0.764. The van der Waals surface area contributed by atoms with Crippen LogP contribution in [0.25, 0.3) is 6.08 Å². The van der Waals surface area contributed by atoms with Crippen molar-refractivity contribution in [1.82, 2.24) is 9.47 Å². The number of likely N-dealkylation sites (N-methyl/N-ethyl adjacent to an activating group) is 1. The number of nitro benzene ring substituents is 1. The third-order valence-corrected chi connectivity index (χ3v) is 8.36. The number of allylic oxidation sites excluding steroid dienone is 1. The zero-order valence-corrected chi connectivity index (χ0v) is 24.8. The molecule has 0 amide bonds. The molecule has 0 aliphatic carbocycles. The summed E-state index contributed by atoms with van der Waals surface area (Å²) in [6.45, 7) is 9.28. The van der Waals surface area contributed by atoms with E-state index in [0.717, 1.165) is 31.9 Å². The molecule has 0 saturated carbocycles. The Labute approximate surface area is 246 Å². The Bertz CT molecular complexity index is 1720. The molecule has 11 nitrogen and oxygen atoms in total. The fraction of sp³-hybridized carbons (Fsp3) is 0.367. The fourth-order valence-corrected chi connectivity index (χ4v) is 6.31. The molecule has 0 radical (unpaired) electrons. The van der Waals surface area contributed by atoms with Crippen LogP contribution in [0.4, 0.5) is 11.4 Å². The van der Waals surface area contributed by atoms with E-state index in [1.165, 1.54) is 28.0 Å². The topological polar surface area (TPSA) is 120 Å². The van der Waals surface area contributed by atoms with Crippen LogP contribution in [-0.4, -0.2) is 66.8 Å². The van der Waals surface area contributed by atoms with Gasteiger partial charge in [0, 0.05) is 49.6 Å². The molecule has 0 spiro atoms. The standard InChI is InChI=1S/C30H33N5O6S/c1-5-40-23-10-7-20(8-11-23)27-26(29(37)41-6-2)19(3)31-30-34(27)28(36)25(42-30)18-21-17-22(35(38)39)9-12-24(21)33-15-13-32(4)14-16-33/h7-12,17-18,27H,5-6,13-16H2,1-4H3/b25-18-/t27-/m1/s1. The predicted octanol–water partition coefficient (Wildman–Crippen LogP) is 2.86. The van der Waals surface area contributed by atoms with Crippen molar-refractivity contribution in [2.45, 2.75) is 26.8 Å². The Balaban J connectivity index is 1.68. The maximum absolute atomic E-state index is 14.1. The fourth-order valence-electron chi connectivity index (χ4n) is 5.27. The highest BCUT2D eigenvalue weighted by Crippen LogP contribution is 2.32. The lowest BCUT2D eigenvalue weighted by Crippen LogP contribution is -2.44. The van der Waals surface area contributed by atoms with Crippen molar-refractivity contribution < 1.29 is 19.2 Å². The molecule has 3 aromatic rings.